The molecule has 1 atom stereocenters. The van der Waals surface area contributed by atoms with Gasteiger partial charge >= 0.3 is 5.97 Å². The van der Waals surface area contributed by atoms with Gasteiger partial charge in [0, 0.05) is 11.6 Å². The molecule has 122 valence electrons. The average Bonchev–Trinajstić information content (AvgIpc) is 2.52. The molecule has 0 aliphatic carbocycles. The summed E-state index contributed by atoms with van der Waals surface area (Å²) in [5.41, 5.74) is -1.52. The second-order valence-corrected chi connectivity index (χ2v) is 5.50. The number of carbonyl (C=O) groups is 2. The number of hydrogen-bond donors (Lipinski definition) is 3. The van der Waals surface area contributed by atoms with Crippen LogP contribution in [0.5, 0.6) is 5.75 Å². The van der Waals surface area contributed by atoms with Gasteiger partial charge < -0.3 is 20.3 Å². The van der Waals surface area contributed by atoms with Crippen LogP contribution in [0.3, 0.4) is 0 Å². The largest absolute Gasteiger partial charge is 0.481 e. The highest BCUT2D eigenvalue weighted by molar-refractivity contribution is 6.35. The van der Waals surface area contributed by atoms with Gasteiger partial charge in [-0.1, -0.05) is 11.6 Å². The summed E-state index contributed by atoms with van der Waals surface area (Å²) in [7, 11) is 0. The third-order valence-corrected chi connectivity index (χ3v) is 3.46. The number of rotatable bonds is 6. The van der Waals surface area contributed by atoms with E-state index in [1.54, 1.807) is 30.5 Å². The van der Waals surface area contributed by atoms with E-state index in [-0.39, 0.29) is 6.61 Å². The molecule has 0 saturated heterocycles. The number of fused-ring (bicyclic) bond motifs is 1. The summed E-state index contributed by atoms with van der Waals surface area (Å²) in [6, 6.07) is 6.74. The maximum absolute atomic E-state index is 11.7. The van der Waals surface area contributed by atoms with Gasteiger partial charge in [-0.15, -0.1) is 0 Å². The Morgan fingerprint density at radius 2 is 2.13 bits per heavy atom. The summed E-state index contributed by atoms with van der Waals surface area (Å²) in [5, 5.41) is 21.8. The van der Waals surface area contributed by atoms with E-state index in [2.05, 4.69) is 10.3 Å². The molecular weight excluding hydrogens is 324 g/mol. The van der Waals surface area contributed by atoms with E-state index in [4.69, 9.17) is 21.4 Å². The molecule has 0 fully saturated rings. The number of carboxylic acids is 1. The van der Waals surface area contributed by atoms with Crippen molar-refractivity contribution in [2.75, 3.05) is 13.2 Å². The van der Waals surface area contributed by atoms with Gasteiger partial charge in [0.2, 0.25) is 0 Å². The Bertz CT molecular complexity index is 748. The molecule has 3 N–H and O–H groups in total. The van der Waals surface area contributed by atoms with Crippen LogP contribution >= 0.6 is 11.6 Å². The fourth-order valence-electron chi connectivity index (χ4n) is 1.77. The van der Waals surface area contributed by atoms with Gasteiger partial charge in [0.15, 0.2) is 12.2 Å². The van der Waals surface area contributed by atoms with Crippen molar-refractivity contribution in [3.8, 4) is 5.75 Å². The van der Waals surface area contributed by atoms with E-state index in [0.29, 0.717) is 21.7 Å². The molecule has 7 nitrogen and oxygen atoms in total. The number of carbonyl (C=O) groups excluding carboxylic acids is 1. The van der Waals surface area contributed by atoms with Crippen molar-refractivity contribution in [1.82, 2.24) is 10.3 Å². The summed E-state index contributed by atoms with van der Waals surface area (Å²) in [6.45, 7) is 0.320. The minimum Gasteiger partial charge on any atom is -0.481 e. The number of hydrogen-bond acceptors (Lipinski definition) is 5. The van der Waals surface area contributed by atoms with Crippen molar-refractivity contribution in [3.05, 3.63) is 35.5 Å². The third-order valence-electron chi connectivity index (χ3n) is 3.13. The van der Waals surface area contributed by atoms with Crippen molar-refractivity contribution < 1.29 is 24.5 Å². The van der Waals surface area contributed by atoms with E-state index < -0.39 is 24.0 Å². The lowest BCUT2D eigenvalue weighted by Gasteiger charge is -2.18. The Morgan fingerprint density at radius 3 is 2.83 bits per heavy atom. The van der Waals surface area contributed by atoms with Crippen LogP contribution in [0.2, 0.25) is 5.02 Å². The number of nitrogens with zero attached hydrogens (tertiary/aromatic N) is 1. The molecule has 1 heterocycles. The predicted molar refractivity (Wildman–Crippen MR) is 83.5 cm³/mol. The van der Waals surface area contributed by atoms with Crippen LogP contribution in [-0.4, -0.2) is 45.8 Å². The zero-order valence-corrected chi connectivity index (χ0v) is 13.0. The number of benzene rings is 1. The first-order valence-corrected chi connectivity index (χ1v) is 7.07. The number of nitrogens with one attached hydrogen (secondary N) is 1. The Labute approximate surface area is 136 Å². The summed E-state index contributed by atoms with van der Waals surface area (Å²) in [4.78, 5) is 26.6. The molecule has 0 aliphatic rings. The maximum atomic E-state index is 11.7. The minimum atomic E-state index is -2.04. The van der Waals surface area contributed by atoms with Crippen LogP contribution in [-0.2, 0) is 9.59 Å². The molecule has 0 spiro atoms. The van der Waals surface area contributed by atoms with E-state index in [1.165, 1.54) is 0 Å². The number of pyridine rings is 1. The second-order valence-electron chi connectivity index (χ2n) is 5.09. The standard InChI is InChI=1S/C15H15ClN2O5/c1-15(22,14(20)21)8-18-12(19)7-23-11-5-4-10(16)9-3-2-6-17-13(9)11/h2-6,22H,7-8H2,1H3,(H,18,19)(H,20,21). The SMILES string of the molecule is CC(O)(CNC(=O)COc1ccc(Cl)c2cccnc12)C(=O)O. The molecule has 0 aliphatic heterocycles. The number of aromatic nitrogens is 1. The van der Waals surface area contributed by atoms with Crippen LogP contribution in [0.1, 0.15) is 6.92 Å². The van der Waals surface area contributed by atoms with E-state index in [1.807, 2.05) is 0 Å². The summed E-state index contributed by atoms with van der Waals surface area (Å²) in [6.07, 6.45) is 1.58. The summed E-state index contributed by atoms with van der Waals surface area (Å²) >= 11 is 6.06. The normalized spacial score (nSPS) is 13.3. The Balaban J connectivity index is 2.00. The van der Waals surface area contributed by atoms with Gasteiger partial charge in [-0.05, 0) is 31.2 Å². The third kappa shape index (κ3) is 4.08. The number of carboxylic acid groups (broad SMARTS) is 1. The van der Waals surface area contributed by atoms with E-state index >= 15 is 0 Å². The topological polar surface area (TPSA) is 109 Å². The number of halogens is 1. The smallest absolute Gasteiger partial charge is 0.337 e. The summed E-state index contributed by atoms with van der Waals surface area (Å²) < 4.78 is 5.40. The van der Waals surface area contributed by atoms with Crippen molar-refractivity contribution in [1.29, 1.82) is 0 Å². The van der Waals surface area contributed by atoms with Crippen molar-refractivity contribution in [2.45, 2.75) is 12.5 Å². The van der Waals surface area contributed by atoms with Crippen LogP contribution in [0.25, 0.3) is 10.9 Å². The van der Waals surface area contributed by atoms with Gasteiger partial charge in [0.05, 0.1) is 11.6 Å². The lowest BCUT2D eigenvalue weighted by atomic mass is 10.1. The molecule has 8 heteroatoms. The first-order chi connectivity index (χ1) is 10.8. The molecule has 1 amide bonds. The van der Waals surface area contributed by atoms with Crippen molar-refractivity contribution in [2.24, 2.45) is 0 Å². The summed E-state index contributed by atoms with van der Waals surface area (Å²) in [5.74, 6) is -1.61. The maximum Gasteiger partial charge on any atom is 0.337 e. The predicted octanol–water partition coefficient (Wildman–Crippen LogP) is 1.22. The number of aliphatic hydroxyl groups is 1. The number of aliphatic carboxylic acids is 1. The average molecular weight is 339 g/mol. The number of amides is 1. The van der Waals surface area contributed by atoms with Gasteiger partial charge in [-0.2, -0.15) is 0 Å². The first-order valence-electron chi connectivity index (χ1n) is 6.70. The quantitative estimate of drug-likeness (QED) is 0.730. The number of ether oxygens (including phenoxy) is 1. The minimum absolute atomic E-state index is 0.344. The van der Waals surface area contributed by atoms with Crippen LogP contribution in [0.4, 0.5) is 0 Å². The van der Waals surface area contributed by atoms with Crippen molar-refractivity contribution >= 4 is 34.4 Å². The molecule has 1 aromatic carbocycles. The highest BCUT2D eigenvalue weighted by atomic mass is 35.5. The molecule has 1 aromatic heterocycles. The van der Waals surface area contributed by atoms with E-state index in [0.717, 1.165) is 6.92 Å². The zero-order valence-electron chi connectivity index (χ0n) is 12.2. The van der Waals surface area contributed by atoms with Gasteiger partial charge in [0.1, 0.15) is 11.3 Å². The Hall–Kier alpha value is -2.38. The molecule has 23 heavy (non-hydrogen) atoms. The zero-order chi connectivity index (χ0) is 17.0. The van der Waals surface area contributed by atoms with Crippen LogP contribution in [0, 0.1) is 0 Å². The van der Waals surface area contributed by atoms with Gasteiger partial charge in [-0.25, -0.2) is 4.79 Å². The lowest BCUT2D eigenvalue weighted by Crippen LogP contribution is -2.47. The van der Waals surface area contributed by atoms with Crippen LogP contribution in [0.15, 0.2) is 30.5 Å². The first kappa shape index (κ1) is 17.0. The highest BCUT2D eigenvalue weighted by Crippen LogP contribution is 2.29. The van der Waals surface area contributed by atoms with Crippen LogP contribution < -0.4 is 10.1 Å². The Kier molecular flexibility index (Phi) is 5.02. The fraction of sp³-hybridized carbons (Fsp3) is 0.267. The molecular formula is C15H15ClN2O5. The fourth-order valence-corrected chi connectivity index (χ4v) is 1.98. The van der Waals surface area contributed by atoms with Crippen molar-refractivity contribution in [3.63, 3.8) is 0 Å². The molecule has 2 rings (SSSR count). The highest BCUT2D eigenvalue weighted by Gasteiger charge is 2.30. The second kappa shape index (κ2) is 6.80. The molecule has 1 unspecified atom stereocenters. The van der Waals surface area contributed by atoms with Gasteiger partial charge in [0.25, 0.3) is 5.91 Å². The lowest BCUT2D eigenvalue weighted by molar-refractivity contribution is -0.156. The molecule has 0 saturated carbocycles. The molecule has 2 aromatic rings. The Morgan fingerprint density at radius 1 is 1.39 bits per heavy atom. The monoisotopic (exact) mass is 338 g/mol. The molecule has 0 bridgehead atoms. The van der Waals surface area contributed by atoms with Gasteiger partial charge in [-0.3, -0.25) is 9.78 Å². The molecule has 0 radical (unpaired) electrons. The van der Waals surface area contributed by atoms with E-state index in [9.17, 15) is 14.7 Å².